The summed E-state index contributed by atoms with van der Waals surface area (Å²) in [6.07, 6.45) is 1.81. The summed E-state index contributed by atoms with van der Waals surface area (Å²) in [7, 11) is 0. The minimum Gasteiger partial charge on any atom is -0.389 e. The summed E-state index contributed by atoms with van der Waals surface area (Å²) in [6, 6.07) is 4.73. The highest BCUT2D eigenvalue weighted by atomic mass is 32.1. The number of aryl methyl sites for hydroxylation is 1. The first-order valence-corrected chi connectivity index (χ1v) is 6.53. The number of nitrogens with two attached hydrogens (primary N) is 1. The predicted octanol–water partition coefficient (Wildman–Crippen LogP) is 2.84. The number of nitrogens with one attached hydrogen (secondary N) is 1. The van der Waals surface area contributed by atoms with Crippen LogP contribution in [0.1, 0.15) is 15.4 Å². The number of benzene rings is 1. The average molecular weight is 281 g/mol. The van der Waals surface area contributed by atoms with Crippen molar-refractivity contribution in [2.45, 2.75) is 13.5 Å². The van der Waals surface area contributed by atoms with Crippen LogP contribution in [0.25, 0.3) is 0 Å². The monoisotopic (exact) mass is 281 g/mol. The molecule has 0 aliphatic carbocycles. The summed E-state index contributed by atoms with van der Waals surface area (Å²) in [5, 5.41) is 4.14. The lowest BCUT2D eigenvalue weighted by molar-refractivity contribution is 0.626. The van der Waals surface area contributed by atoms with Gasteiger partial charge in [-0.1, -0.05) is 12.2 Å². The van der Waals surface area contributed by atoms with Crippen LogP contribution < -0.4 is 11.1 Å². The maximum atomic E-state index is 13.6. The number of halogens is 1. The highest BCUT2D eigenvalue weighted by Crippen LogP contribution is 2.17. The Labute approximate surface area is 114 Å². The van der Waals surface area contributed by atoms with Gasteiger partial charge in [0.1, 0.15) is 10.8 Å². The van der Waals surface area contributed by atoms with E-state index in [2.05, 4.69) is 10.3 Å². The first-order chi connectivity index (χ1) is 8.56. The normalized spacial score (nSPS) is 10.3. The van der Waals surface area contributed by atoms with Crippen molar-refractivity contribution in [1.82, 2.24) is 4.98 Å². The lowest BCUT2D eigenvalue weighted by atomic mass is 10.2. The molecular formula is C12H12FN3S2. The molecule has 1 aromatic heterocycles. The molecule has 6 heteroatoms. The lowest BCUT2D eigenvalue weighted by Gasteiger charge is -2.07. The van der Waals surface area contributed by atoms with Gasteiger partial charge in [0, 0.05) is 22.3 Å². The highest BCUT2D eigenvalue weighted by molar-refractivity contribution is 7.80. The van der Waals surface area contributed by atoms with Crippen molar-refractivity contribution in [3.05, 3.63) is 45.7 Å². The van der Waals surface area contributed by atoms with Crippen LogP contribution in [0.3, 0.4) is 0 Å². The first kappa shape index (κ1) is 12.9. The summed E-state index contributed by atoms with van der Waals surface area (Å²) in [5.74, 6) is -0.409. The Bertz CT molecular complexity index is 580. The van der Waals surface area contributed by atoms with Gasteiger partial charge >= 0.3 is 0 Å². The van der Waals surface area contributed by atoms with Gasteiger partial charge in [-0.2, -0.15) is 0 Å². The minimum absolute atomic E-state index is 0.0668. The maximum Gasteiger partial charge on any atom is 0.135 e. The first-order valence-electron chi connectivity index (χ1n) is 5.31. The van der Waals surface area contributed by atoms with Crippen LogP contribution in [-0.2, 0) is 6.54 Å². The third-order valence-electron chi connectivity index (χ3n) is 2.37. The van der Waals surface area contributed by atoms with Gasteiger partial charge < -0.3 is 11.1 Å². The van der Waals surface area contributed by atoms with Gasteiger partial charge in [0.25, 0.3) is 0 Å². The molecule has 0 amide bonds. The second kappa shape index (κ2) is 5.41. The number of hydrogen-bond donors (Lipinski definition) is 2. The second-order valence-electron chi connectivity index (χ2n) is 3.76. The molecule has 1 aromatic carbocycles. The zero-order valence-electron chi connectivity index (χ0n) is 9.74. The minimum atomic E-state index is -0.409. The van der Waals surface area contributed by atoms with Gasteiger partial charge in [-0.3, -0.25) is 0 Å². The van der Waals surface area contributed by atoms with E-state index in [1.165, 1.54) is 6.07 Å². The van der Waals surface area contributed by atoms with Crippen molar-refractivity contribution in [1.29, 1.82) is 0 Å². The Morgan fingerprint density at radius 3 is 2.89 bits per heavy atom. The molecule has 3 nitrogen and oxygen atoms in total. The van der Waals surface area contributed by atoms with E-state index in [4.69, 9.17) is 18.0 Å². The van der Waals surface area contributed by atoms with Crippen molar-refractivity contribution >= 4 is 34.2 Å². The van der Waals surface area contributed by atoms with Crippen LogP contribution in [0.2, 0.25) is 0 Å². The molecule has 0 saturated heterocycles. The van der Waals surface area contributed by atoms with E-state index in [1.54, 1.807) is 23.5 Å². The van der Waals surface area contributed by atoms with Gasteiger partial charge in [-0.25, -0.2) is 9.37 Å². The lowest BCUT2D eigenvalue weighted by Crippen LogP contribution is -2.11. The molecule has 0 spiro atoms. The van der Waals surface area contributed by atoms with Crippen molar-refractivity contribution < 1.29 is 4.39 Å². The summed E-state index contributed by atoms with van der Waals surface area (Å²) in [4.78, 5) is 5.32. The fourth-order valence-electron chi connectivity index (χ4n) is 1.50. The van der Waals surface area contributed by atoms with Gasteiger partial charge in [-0.15, -0.1) is 11.3 Å². The summed E-state index contributed by atoms with van der Waals surface area (Å²) < 4.78 is 13.6. The molecule has 0 aliphatic rings. The van der Waals surface area contributed by atoms with E-state index in [9.17, 15) is 4.39 Å². The SMILES string of the molecule is Cc1ncc(CNc2ccc(C(N)=S)c(F)c2)s1. The van der Waals surface area contributed by atoms with Gasteiger partial charge in [0.15, 0.2) is 0 Å². The molecule has 2 rings (SSSR count). The third-order valence-corrected chi connectivity index (χ3v) is 3.50. The number of thiocarbonyl (C=S) groups is 1. The molecule has 0 saturated carbocycles. The largest absolute Gasteiger partial charge is 0.389 e. The Morgan fingerprint density at radius 2 is 2.33 bits per heavy atom. The van der Waals surface area contributed by atoms with Crippen LogP contribution in [0, 0.1) is 12.7 Å². The fourth-order valence-corrected chi connectivity index (χ4v) is 2.40. The van der Waals surface area contributed by atoms with Crippen LogP contribution in [0.5, 0.6) is 0 Å². The highest BCUT2D eigenvalue weighted by Gasteiger charge is 2.06. The van der Waals surface area contributed by atoms with Crippen LogP contribution >= 0.6 is 23.6 Å². The topological polar surface area (TPSA) is 50.9 Å². The van der Waals surface area contributed by atoms with Crippen LogP contribution in [0.4, 0.5) is 10.1 Å². The standard InChI is InChI=1S/C12H12FN3S2/c1-7-15-5-9(18-7)6-16-8-2-3-10(12(14)17)11(13)4-8/h2-5,16H,6H2,1H3,(H2,14,17). The van der Waals surface area contributed by atoms with Crippen molar-refractivity contribution in [2.24, 2.45) is 5.73 Å². The van der Waals surface area contributed by atoms with Crippen molar-refractivity contribution in [2.75, 3.05) is 5.32 Å². The molecule has 94 valence electrons. The molecule has 0 radical (unpaired) electrons. The zero-order chi connectivity index (χ0) is 13.1. The van der Waals surface area contributed by atoms with Crippen LogP contribution in [0.15, 0.2) is 24.4 Å². The molecule has 0 fully saturated rings. The van der Waals surface area contributed by atoms with Crippen LogP contribution in [-0.4, -0.2) is 9.97 Å². The number of rotatable bonds is 4. The summed E-state index contributed by atoms with van der Waals surface area (Å²) >= 11 is 6.36. The summed E-state index contributed by atoms with van der Waals surface area (Å²) in [5.41, 5.74) is 6.36. The number of hydrogen-bond acceptors (Lipinski definition) is 4. The van der Waals surface area contributed by atoms with Gasteiger partial charge in [-0.05, 0) is 25.1 Å². The molecular weight excluding hydrogens is 269 g/mol. The van der Waals surface area contributed by atoms with Gasteiger partial charge in [0.05, 0.1) is 11.6 Å². The van der Waals surface area contributed by atoms with Gasteiger partial charge in [0.2, 0.25) is 0 Å². The Morgan fingerprint density at radius 1 is 1.56 bits per heavy atom. The molecule has 2 aromatic rings. The number of aromatic nitrogens is 1. The number of thiazole rings is 1. The maximum absolute atomic E-state index is 13.6. The molecule has 18 heavy (non-hydrogen) atoms. The molecule has 0 unspecified atom stereocenters. The van der Waals surface area contributed by atoms with E-state index in [0.717, 1.165) is 9.88 Å². The third kappa shape index (κ3) is 3.02. The molecule has 1 heterocycles. The Balaban J connectivity index is 2.06. The summed E-state index contributed by atoms with van der Waals surface area (Å²) in [6.45, 7) is 2.57. The molecule has 0 atom stereocenters. The van der Waals surface area contributed by atoms with E-state index in [0.29, 0.717) is 12.2 Å². The second-order valence-corrected chi connectivity index (χ2v) is 5.52. The zero-order valence-corrected chi connectivity index (χ0v) is 11.4. The predicted molar refractivity (Wildman–Crippen MR) is 76.5 cm³/mol. The molecule has 0 bridgehead atoms. The average Bonchev–Trinajstić information content (AvgIpc) is 2.72. The quantitative estimate of drug-likeness (QED) is 0.846. The smallest absolute Gasteiger partial charge is 0.135 e. The Kier molecular flexibility index (Phi) is 3.88. The van der Waals surface area contributed by atoms with E-state index >= 15 is 0 Å². The van der Waals surface area contributed by atoms with Crippen molar-refractivity contribution in [3.63, 3.8) is 0 Å². The number of nitrogens with zero attached hydrogens (tertiary/aromatic N) is 1. The van der Waals surface area contributed by atoms with Crippen molar-refractivity contribution in [3.8, 4) is 0 Å². The van der Waals surface area contributed by atoms with E-state index in [1.807, 2.05) is 13.1 Å². The molecule has 3 N–H and O–H groups in total. The fraction of sp³-hybridized carbons (Fsp3) is 0.167. The van der Waals surface area contributed by atoms with E-state index in [-0.39, 0.29) is 10.6 Å². The number of anilines is 1. The Hall–Kier alpha value is -1.53. The molecule has 0 aliphatic heterocycles. The van der Waals surface area contributed by atoms with E-state index < -0.39 is 5.82 Å².